The Hall–Kier alpha value is -2.12. The summed E-state index contributed by atoms with van der Waals surface area (Å²) in [5, 5.41) is 9.26. The smallest absolute Gasteiger partial charge is 0.146 e. The fourth-order valence-corrected chi connectivity index (χ4v) is 2.29. The van der Waals surface area contributed by atoms with Crippen LogP contribution in [-0.2, 0) is 0 Å². The van der Waals surface area contributed by atoms with Crippen molar-refractivity contribution in [1.82, 2.24) is 0 Å². The summed E-state index contributed by atoms with van der Waals surface area (Å²) >= 11 is 1.52. The average molecular weight is 270 g/mol. The van der Waals surface area contributed by atoms with Crippen molar-refractivity contribution in [3.8, 4) is 17.6 Å². The Bertz CT molecular complexity index is 647. The second-order valence-electron chi connectivity index (χ2n) is 4.07. The number of benzene rings is 2. The van der Waals surface area contributed by atoms with Crippen LogP contribution in [0.25, 0.3) is 0 Å². The number of thioether (sulfide) groups is 1. The van der Waals surface area contributed by atoms with Gasteiger partial charge < -0.3 is 10.5 Å². The first-order valence-electron chi connectivity index (χ1n) is 5.76. The van der Waals surface area contributed by atoms with Crippen LogP contribution in [0, 0.1) is 18.3 Å². The van der Waals surface area contributed by atoms with Crippen molar-refractivity contribution in [2.45, 2.75) is 11.8 Å². The van der Waals surface area contributed by atoms with E-state index in [4.69, 9.17) is 10.5 Å². The molecule has 0 saturated carbocycles. The van der Waals surface area contributed by atoms with Crippen LogP contribution < -0.4 is 10.5 Å². The molecule has 2 aromatic rings. The fraction of sp³-hybridized carbons (Fsp3) is 0.133. The van der Waals surface area contributed by atoms with Crippen LogP contribution in [-0.4, -0.2) is 6.26 Å². The van der Waals surface area contributed by atoms with Crippen LogP contribution in [0.1, 0.15) is 11.1 Å². The summed E-state index contributed by atoms with van der Waals surface area (Å²) in [4.78, 5) is 0.904. The van der Waals surface area contributed by atoms with E-state index in [9.17, 15) is 5.26 Å². The first kappa shape index (κ1) is 13.3. The van der Waals surface area contributed by atoms with Gasteiger partial charge in [-0.15, -0.1) is 11.8 Å². The Balaban J connectivity index is 2.44. The van der Waals surface area contributed by atoms with Gasteiger partial charge in [0, 0.05) is 16.6 Å². The molecular weight excluding hydrogens is 256 g/mol. The average Bonchev–Trinajstić information content (AvgIpc) is 2.42. The molecule has 0 aliphatic rings. The van der Waals surface area contributed by atoms with E-state index in [0.29, 0.717) is 22.7 Å². The molecule has 96 valence electrons. The van der Waals surface area contributed by atoms with Crippen molar-refractivity contribution in [2.24, 2.45) is 0 Å². The van der Waals surface area contributed by atoms with Crippen molar-refractivity contribution in [2.75, 3.05) is 12.0 Å². The molecule has 4 heteroatoms. The van der Waals surface area contributed by atoms with E-state index < -0.39 is 0 Å². The number of hydrogen-bond acceptors (Lipinski definition) is 4. The number of hydrogen-bond donors (Lipinski definition) is 1. The van der Waals surface area contributed by atoms with Crippen LogP contribution in [0.4, 0.5) is 5.69 Å². The summed E-state index contributed by atoms with van der Waals surface area (Å²) in [6.07, 6.45) is 1.94. The molecule has 0 unspecified atom stereocenters. The molecule has 2 aromatic carbocycles. The number of anilines is 1. The molecule has 2 rings (SSSR count). The predicted octanol–water partition coefficient (Wildman–Crippen LogP) is 3.96. The van der Waals surface area contributed by atoms with Crippen LogP contribution in [0.2, 0.25) is 0 Å². The maximum Gasteiger partial charge on any atom is 0.146 e. The highest BCUT2D eigenvalue weighted by Gasteiger charge is 2.10. The summed E-state index contributed by atoms with van der Waals surface area (Å²) in [6.45, 7) is 1.94. The Morgan fingerprint density at radius 3 is 2.68 bits per heavy atom. The summed E-state index contributed by atoms with van der Waals surface area (Å²) in [5.74, 6) is 1.23. The van der Waals surface area contributed by atoms with Gasteiger partial charge in [0.05, 0.1) is 0 Å². The van der Waals surface area contributed by atoms with E-state index in [-0.39, 0.29) is 0 Å². The maximum absolute atomic E-state index is 9.26. The molecule has 0 radical (unpaired) electrons. The molecule has 19 heavy (non-hydrogen) atoms. The second-order valence-corrected chi connectivity index (χ2v) is 4.92. The number of nitriles is 1. The van der Waals surface area contributed by atoms with Crippen LogP contribution >= 0.6 is 11.8 Å². The van der Waals surface area contributed by atoms with Gasteiger partial charge in [-0.25, -0.2) is 0 Å². The van der Waals surface area contributed by atoms with Crippen LogP contribution in [0.15, 0.2) is 41.3 Å². The van der Waals surface area contributed by atoms with E-state index in [1.807, 2.05) is 37.4 Å². The molecule has 0 atom stereocenters. The molecule has 0 amide bonds. The molecule has 0 aliphatic carbocycles. The third-order valence-electron chi connectivity index (χ3n) is 2.75. The third kappa shape index (κ3) is 2.83. The van der Waals surface area contributed by atoms with Crippen molar-refractivity contribution >= 4 is 17.4 Å². The third-order valence-corrected chi connectivity index (χ3v) is 3.53. The lowest BCUT2D eigenvalue weighted by atomic mass is 10.2. The number of nitrogens with zero attached hydrogens (tertiary/aromatic N) is 1. The van der Waals surface area contributed by atoms with Gasteiger partial charge >= 0.3 is 0 Å². The summed E-state index contributed by atoms with van der Waals surface area (Å²) in [7, 11) is 0. The quantitative estimate of drug-likeness (QED) is 0.677. The number of nitrogen functional groups attached to an aromatic ring is 1. The molecular formula is C15H14N2OS. The van der Waals surface area contributed by atoms with E-state index in [1.165, 1.54) is 11.8 Å². The standard InChI is InChI=1S/C15H14N2OS/c1-10-6-7-11(17)8-14(10)18-13-4-3-5-15(19-2)12(13)9-16/h3-8H,17H2,1-2H3. The number of ether oxygens (including phenoxy) is 1. The van der Waals surface area contributed by atoms with Gasteiger partial charge in [-0.1, -0.05) is 12.1 Å². The molecule has 0 aromatic heterocycles. The van der Waals surface area contributed by atoms with Gasteiger partial charge in [0.15, 0.2) is 0 Å². The Kier molecular flexibility index (Phi) is 3.98. The van der Waals surface area contributed by atoms with Gasteiger partial charge in [-0.3, -0.25) is 0 Å². The topological polar surface area (TPSA) is 59.0 Å². The van der Waals surface area contributed by atoms with Gasteiger partial charge in [0.1, 0.15) is 23.1 Å². The second kappa shape index (κ2) is 5.68. The minimum absolute atomic E-state index is 0.553. The molecule has 0 heterocycles. The molecule has 2 N–H and O–H groups in total. The molecule has 0 aliphatic heterocycles. The highest BCUT2D eigenvalue weighted by atomic mass is 32.2. The predicted molar refractivity (Wildman–Crippen MR) is 78.6 cm³/mol. The minimum atomic E-state index is 0.553. The minimum Gasteiger partial charge on any atom is -0.456 e. The van der Waals surface area contributed by atoms with E-state index in [1.54, 1.807) is 12.1 Å². The van der Waals surface area contributed by atoms with Crippen LogP contribution in [0.5, 0.6) is 11.5 Å². The number of aryl methyl sites for hydroxylation is 1. The van der Waals surface area contributed by atoms with Crippen LogP contribution in [0.3, 0.4) is 0 Å². The number of nitrogens with two attached hydrogens (primary N) is 1. The van der Waals surface area contributed by atoms with Gasteiger partial charge in [-0.05, 0) is 36.9 Å². The highest BCUT2D eigenvalue weighted by molar-refractivity contribution is 7.98. The van der Waals surface area contributed by atoms with Gasteiger partial charge in [-0.2, -0.15) is 5.26 Å². The molecule has 0 bridgehead atoms. The maximum atomic E-state index is 9.26. The first-order valence-corrected chi connectivity index (χ1v) is 6.99. The van der Waals surface area contributed by atoms with Gasteiger partial charge in [0.25, 0.3) is 0 Å². The monoisotopic (exact) mass is 270 g/mol. The number of rotatable bonds is 3. The zero-order valence-electron chi connectivity index (χ0n) is 10.8. The van der Waals surface area contributed by atoms with E-state index in [0.717, 1.165) is 10.5 Å². The molecule has 3 nitrogen and oxygen atoms in total. The van der Waals surface area contributed by atoms with Crippen molar-refractivity contribution < 1.29 is 4.74 Å². The SMILES string of the molecule is CSc1cccc(Oc2cc(N)ccc2C)c1C#N. The molecule has 0 saturated heterocycles. The fourth-order valence-electron chi connectivity index (χ4n) is 1.72. The zero-order chi connectivity index (χ0) is 13.8. The zero-order valence-corrected chi connectivity index (χ0v) is 11.6. The van der Waals surface area contributed by atoms with Crippen molar-refractivity contribution in [1.29, 1.82) is 5.26 Å². The van der Waals surface area contributed by atoms with E-state index >= 15 is 0 Å². The van der Waals surface area contributed by atoms with Crippen molar-refractivity contribution in [3.05, 3.63) is 47.5 Å². The summed E-state index contributed by atoms with van der Waals surface area (Å²) in [6, 6.07) is 13.3. The lowest BCUT2D eigenvalue weighted by molar-refractivity contribution is 0.476. The molecule has 0 spiro atoms. The Morgan fingerprint density at radius 1 is 1.21 bits per heavy atom. The first-order chi connectivity index (χ1) is 9.15. The van der Waals surface area contributed by atoms with E-state index in [2.05, 4.69) is 6.07 Å². The highest BCUT2D eigenvalue weighted by Crippen LogP contribution is 2.33. The normalized spacial score (nSPS) is 9.95. The summed E-state index contributed by atoms with van der Waals surface area (Å²) in [5.41, 5.74) is 7.93. The summed E-state index contributed by atoms with van der Waals surface area (Å²) < 4.78 is 5.84. The lowest BCUT2D eigenvalue weighted by Crippen LogP contribution is -1.94. The van der Waals surface area contributed by atoms with Gasteiger partial charge in [0.2, 0.25) is 0 Å². The largest absolute Gasteiger partial charge is 0.456 e. The molecule has 0 fully saturated rings. The van der Waals surface area contributed by atoms with Crippen molar-refractivity contribution in [3.63, 3.8) is 0 Å². The Morgan fingerprint density at radius 2 is 2.00 bits per heavy atom. The Labute approximate surface area is 117 Å². The lowest BCUT2D eigenvalue weighted by Gasteiger charge is -2.12.